The van der Waals surface area contributed by atoms with Crippen molar-refractivity contribution in [3.8, 4) is 0 Å². The Balaban J connectivity index is 1.32. The van der Waals surface area contributed by atoms with Crippen LogP contribution in [-0.4, -0.2) is 43.8 Å². The maximum atomic E-state index is 13.9. The Kier molecular flexibility index (Phi) is 10.6. The van der Waals surface area contributed by atoms with E-state index < -0.39 is 16.1 Å². The molecule has 0 aliphatic heterocycles. The maximum Gasteiger partial charge on any atom is 0.243 e. The van der Waals surface area contributed by atoms with Gasteiger partial charge in [0.05, 0.1) is 4.90 Å². The van der Waals surface area contributed by atoms with Crippen LogP contribution in [0, 0.1) is 0 Å². The first-order valence-electron chi connectivity index (χ1n) is 15.2. The van der Waals surface area contributed by atoms with E-state index in [0.717, 1.165) is 35.1 Å². The number of aryl methyl sites for hydroxylation is 1. The fourth-order valence-corrected chi connectivity index (χ4v) is 6.45. The quantitative estimate of drug-likeness (QED) is 0.197. The summed E-state index contributed by atoms with van der Waals surface area (Å²) in [6.45, 7) is 0.764. The van der Waals surface area contributed by atoms with Gasteiger partial charge in [0.1, 0.15) is 6.04 Å². The first kappa shape index (κ1) is 31.2. The molecule has 0 spiro atoms. The third kappa shape index (κ3) is 9.11. The molecular weight excluding hydrogens is 570 g/mol. The van der Waals surface area contributed by atoms with Gasteiger partial charge in [0.25, 0.3) is 0 Å². The smallest absolute Gasteiger partial charge is 0.243 e. The standard InChI is InChI=1S/C36H39N3O4S/c40-35(23-18-29-16-21-33(22-17-29)44(42,43)38-32-19-20-32)39(27-31-14-8-3-9-15-31)34(26-30-12-6-2-7-13-30)36(41)37-25-24-28-10-4-1-5-11-28/h1-17,21-22,32,34,38H,18-20,23-27H2,(H,37,41)/t34-/m1/s1. The number of nitrogens with zero attached hydrogens (tertiary/aromatic N) is 1. The van der Waals surface area contributed by atoms with Crippen LogP contribution < -0.4 is 10.0 Å². The van der Waals surface area contributed by atoms with Crippen molar-refractivity contribution in [1.29, 1.82) is 0 Å². The number of sulfonamides is 1. The predicted molar refractivity (Wildman–Crippen MR) is 172 cm³/mol. The van der Waals surface area contributed by atoms with E-state index in [1.807, 2.05) is 91.0 Å². The summed E-state index contributed by atoms with van der Waals surface area (Å²) in [6.07, 6.45) is 3.43. The highest BCUT2D eigenvalue weighted by Gasteiger charge is 2.30. The molecule has 1 atom stereocenters. The van der Waals surface area contributed by atoms with Crippen LogP contribution in [0.3, 0.4) is 0 Å². The van der Waals surface area contributed by atoms with Gasteiger partial charge in [0.15, 0.2) is 0 Å². The van der Waals surface area contributed by atoms with Gasteiger partial charge in [-0.1, -0.05) is 103 Å². The van der Waals surface area contributed by atoms with Crippen molar-refractivity contribution < 1.29 is 18.0 Å². The Hall–Kier alpha value is -4.27. The number of hydrogen-bond acceptors (Lipinski definition) is 4. The van der Waals surface area contributed by atoms with E-state index in [-0.39, 0.29) is 29.2 Å². The topological polar surface area (TPSA) is 95.6 Å². The molecule has 2 N–H and O–H groups in total. The van der Waals surface area contributed by atoms with Crippen LogP contribution in [0.4, 0.5) is 0 Å². The first-order chi connectivity index (χ1) is 21.4. The zero-order chi connectivity index (χ0) is 30.8. The number of rotatable bonds is 15. The molecule has 2 amide bonds. The van der Waals surface area contributed by atoms with E-state index in [0.29, 0.717) is 32.4 Å². The minimum Gasteiger partial charge on any atom is -0.354 e. The SMILES string of the molecule is O=C(NCCc1ccccc1)[C@@H](Cc1ccccc1)N(Cc1ccccc1)C(=O)CCc1ccc(S(=O)(=O)NC2CC2)cc1. The molecule has 44 heavy (non-hydrogen) atoms. The molecule has 0 radical (unpaired) electrons. The van der Waals surface area contributed by atoms with Gasteiger partial charge in [-0.05, 0) is 60.1 Å². The van der Waals surface area contributed by atoms with Gasteiger partial charge in [-0.2, -0.15) is 0 Å². The van der Waals surface area contributed by atoms with Crippen molar-refractivity contribution in [1.82, 2.24) is 14.9 Å². The lowest BCUT2D eigenvalue weighted by Gasteiger charge is -2.31. The third-order valence-electron chi connectivity index (χ3n) is 7.78. The van der Waals surface area contributed by atoms with Crippen LogP contribution in [0.15, 0.2) is 120 Å². The second-order valence-corrected chi connectivity index (χ2v) is 13.0. The van der Waals surface area contributed by atoms with Gasteiger partial charge in [-0.15, -0.1) is 0 Å². The van der Waals surface area contributed by atoms with Crippen molar-refractivity contribution in [2.75, 3.05) is 6.54 Å². The molecule has 4 aromatic carbocycles. The number of hydrogen-bond donors (Lipinski definition) is 2. The van der Waals surface area contributed by atoms with Crippen LogP contribution in [-0.2, 0) is 45.4 Å². The van der Waals surface area contributed by atoms with Crippen LogP contribution in [0.1, 0.15) is 41.5 Å². The molecule has 0 unspecified atom stereocenters. The zero-order valence-corrected chi connectivity index (χ0v) is 25.6. The third-order valence-corrected chi connectivity index (χ3v) is 9.32. The fourth-order valence-electron chi connectivity index (χ4n) is 5.15. The van der Waals surface area contributed by atoms with Crippen molar-refractivity contribution >= 4 is 21.8 Å². The van der Waals surface area contributed by atoms with Gasteiger partial charge < -0.3 is 10.2 Å². The van der Waals surface area contributed by atoms with E-state index in [4.69, 9.17) is 0 Å². The first-order valence-corrected chi connectivity index (χ1v) is 16.7. The molecule has 1 aliphatic rings. The Labute approximate surface area is 260 Å². The second kappa shape index (κ2) is 14.9. The molecule has 1 saturated carbocycles. The van der Waals surface area contributed by atoms with Crippen molar-refractivity contribution in [2.45, 2.75) is 62.0 Å². The highest BCUT2D eigenvalue weighted by atomic mass is 32.2. The second-order valence-electron chi connectivity index (χ2n) is 11.3. The summed E-state index contributed by atoms with van der Waals surface area (Å²) >= 11 is 0. The van der Waals surface area contributed by atoms with Crippen molar-refractivity contribution in [3.63, 3.8) is 0 Å². The van der Waals surface area contributed by atoms with E-state index >= 15 is 0 Å². The minimum atomic E-state index is -3.54. The molecule has 4 aromatic rings. The molecule has 0 aromatic heterocycles. The molecule has 8 heteroatoms. The Morgan fingerprint density at radius 3 is 1.84 bits per heavy atom. The molecule has 5 rings (SSSR count). The monoisotopic (exact) mass is 609 g/mol. The zero-order valence-electron chi connectivity index (χ0n) is 24.8. The fraction of sp³-hybridized carbons (Fsp3) is 0.278. The van der Waals surface area contributed by atoms with Gasteiger partial charge in [0.2, 0.25) is 21.8 Å². The van der Waals surface area contributed by atoms with Gasteiger partial charge in [-0.25, -0.2) is 13.1 Å². The summed E-state index contributed by atoms with van der Waals surface area (Å²) in [7, 11) is -3.54. The number of benzene rings is 4. The minimum absolute atomic E-state index is 0.0345. The van der Waals surface area contributed by atoms with Crippen LogP contribution in [0.2, 0.25) is 0 Å². The number of carbonyl (C=O) groups is 2. The Morgan fingerprint density at radius 2 is 1.25 bits per heavy atom. The van der Waals surface area contributed by atoms with Gasteiger partial charge >= 0.3 is 0 Å². The highest BCUT2D eigenvalue weighted by molar-refractivity contribution is 7.89. The van der Waals surface area contributed by atoms with E-state index in [2.05, 4.69) is 10.0 Å². The number of carbonyl (C=O) groups excluding carboxylic acids is 2. The molecular formula is C36H39N3O4S. The average molecular weight is 610 g/mol. The Morgan fingerprint density at radius 1 is 0.705 bits per heavy atom. The van der Waals surface area contributed by atoms with E-state index in [9.17, 15) is 18.0 Å². The molecule has 228 valence electrons. The lowest BCUT2D eigenvalue weighted by Crippen LogP contribution is -2.50. The normalized spacial score (nSPS) is 13.6. The summed E-state index contributed by atoms with van der Waals surface area (Å²) in [5.74, 6) is -0.327. The van der Waals surface area contributed by atoms with Gasteiger partial charge in [0, 0.05) is 32.0 Å². The van der Waals surface area contributed by atoms with E-state index in [1.54, 1.807) is 29.2 Å². The van der Waals surface area contributed by atoms with Crippen LogP contribution in [0.25, 0.3) is 0 Å². The lowest BCUT2D eigenvalue weighted by molar-refractivity contribution is -0.141. The molecule has 1 fully saturated rings. The summed E-state index contributed by atoms with van der Waals surface area (Å²) in [6, 6.07) is 35.5. The molecule has 7 nitrogen and oxygen atoms in total. The maximum absolute atomic E-state index is 13.9. The number of nitrogens with one attached hydrogen (secondary N) is 2. The number of amides is 2. The summed E-state index contributed by atoms with van der Waals surface area (Å²) in [4.78, 5) is 29.7. The van der Waals surface area contributed by atoms with Crippen LogP contribution in [0.5, 0.6) is 0 Å². The van der Waals surface area contributed by atoms with Crippen molar-refractivity contribution in [3.05, 3.63) is 138 Å². The van der Waals surface area contributed by atoms with Crippen molar-refractivity contribution in [2.24, 2.45) is 0 Å². The van der Waals surface area contributed by atoms with Gasteiger partial charge in [-0.3, -0.25) is 9.59 Å². The average Bonchev–Trinajstić information content (AvgIpc) is 3.86. The van der Waals surface area contributed by atoms with E-state index in [1.165, 1.54) is 0 Å². The summed E-state index contributed by atoms with van der Waals surface area (Å²) in [5.41, 5.74) is 3.90. The highest BCUT2D eigenvalue weighted by Crippen LogP contribution is 2.23. The summed E-state index contributed by atoms with van der Waals surface area (Å²) in [5, 5.41) is 3.09. The molecule has 1 aliphatic carbocycles. The summed E-state index contributed by atoms with van der Waals surface area (Å²) < 4.78 is 27.8. The molecule has 0 heterocycles. The largest absolute Gasteiger partial charge is 0.354 e. The predicted octanol–water partition coefficient (Wildman–Crippen LogP) is 5.06. The lowest BCUT2D eigenvalue weighted by atomic mass is 10.0. The van der Waals surface area contributed by atoms with Crippen LogP contribution >= 0.6 is 0 Å². The molecule has 0 saturated heterocycles. The molecule has 0 bridgehead atoms. The Bertz CT molecular complexity index is 1610.